The molecule has 5 heteroatoms. The van der Waals surface area contributed by atoms with E-state index in [-0.39, 0.29) is 30.3 Å². The molecule has 5 nitrogen and oxygen atoms in total. The van der Waals surface area contributed by atoms with Gasteiger partial charge in [0.15, 0.2) is 5.78 Å². The van der Waals surface area contributed by atoms with Crippen molar-refractivity contribution in [3.63, 3.8) is 0 Å². The number of ketones is 1. The number of carbonyl (C=O) groups excluding carboxylic acids is 3. The van der Waals surface area contributed by atoms with Crippen LogP contribution in [0.3, 0.4) is 0 Å². The Labute approximate surface area is 204 Å². The van der Waals surface area contributed by atoms with Crippen LogP contribution in [0.1, 0.15) is 56.0 Å². The number of esters is 1. The third-order valence-corrected chi connectivity index (χ3v) is 5.91. The molecule has 0 radical (unpaired) electrons. The lowest BCUT2D eigenvalue weighted by Gasteiger charge is -2.17. The fraction of sp³-hybridized carbons (Fsp3) is 0.167. The Kier molecular flexibility index (Phi) is 7.36. The van der Waals surface area contributed by atoms with E-state index in [0.717, 1.165) is 11.1 Å². The average Bonchev–Trinajstić information content (AvgIpc) is 2.88. The van der Waals surface area contributed by atoms with E-state index in [1.807, 2.05) is 73.7 Å². The SMILES string of the molecule is CCOC(=O)c1ccc(C(=O)Nc2ccccc2)c2c(CC)ccc(C(=O)Cc3ccccc3)c12. The molecule has 4 rings (SSSR count). The maximum absolute atomic E-state index is 13.5. The first-order chi connectivity index (χ1) is 17.0. The van der Waals surface area contributed by atoms with Gasteiger partial charge in [-0.25, -0.2) is 4.79 Å². The van der Waals surface area contributed by atoms with Crippen LogP contribution in [-0.2, 0) is 17.6 Å². The molecule has 0 unspecified atom stereocenters. The van der Waals surface area contributed by atoms with Gasteiger partial charge in [0.25, 0.3) is 5.91 Å². The zero-order chi connectivity index (χ0) is 24.8. The molecule has 0 atom stereocenters. The van der Waals surface area contributed by atoms with Gasteiger partial charge in [-0.3, -0.25) is 9.59 Å². The predicted molar refractivity (Wildman–Crippen MR) is 138 cm³/mol. The molecule has 0 bridgehead atoms. The van der Waals surface area contributed by atoms with Crippen LogP contribution in [0.4, 0.5) is 5.69 Å². The van der Waals surface area contributed by atoms with Gasteiger partial charge in [-0.2, -0.15) is 0 Å². The van der Waals surface area contributed by atoms with Crippen molar-refractivity contribution >= 4 is 34.1 Å². The van der Waals surface area contributed by atoms with Crippen LogP contribution in [-0.4, -0.2) is 24.3 Å². The second-order valence-corrected chi connectivity index (χ2v) is 8.16. The molecule has 0 fully saturated rings. The van der Waals surface area contributed by atoms with E-state index < -0.39 is 5.97 Å². The number of hydrogen-bond donors (Lipinski definition) is 1. The number of amides is 1. The molecule has 0 aromatic heterocycles. The number of Topliss-reactive ketones (excluding diaryl/α,β-unsaturated/α-hetero) is 1. The minimum atomic E-state index is -0.519. The molecule has 0 spiro atoms. The smallest absolute Gasteiger partial charge is 0.338 e. The summed E-state index contributed by atoms with van der Waals surface area (Å²) in [6.45, 7) is 3.92. The molecule has 0 saturated carbocycles. The fourth-order valence-corrected chi connectivity index (χ4v) is 4.26. The largest absolute Gasteiger partial charge is 0.462 e. The molecule has 35 heavy (non-hydrogen) atoms. The standard InChI is InChI=1S/C30H27NO4/c1-3-21-15-16-23(26(32)19-20-11-7-5-8-12-20)28-25(30(34)35-4-2)18-17-24(27(21)28)29(33)31-22-13-9-6-10-14-22/h5-18H,3-4,19H2,1-2H3,(H,31,33). The van der Waals surface area contributed by atoms with E-state index in [1.54, 1.807) is 25.1 Å². The second-order valence-electron chi connectivity index (χ2n) is 8.16. The summed E-state index contributed by atoms with van der Waals surface area (Å²) in [7, 11) is 0. The molecule has 0 aliphatic carbocycles. The minimum Gasteiger partial charge on any atom is -0.462 e. The van der Waals surface area contributed by atoms with Crippen molar-refractivity contribution in [3.05, 3.63) is 113 Å². The first kappa shape index (κ1) is 23.9. The number of carbonyl (C=O) groups is 3. The fourth-order valence-electron chi connectivity index (χ4n) is 4.26. The number of ether oxygens (including phenoxy) is 1. The van der Waals surface area contributed by atoms with E-state index in [9.17, 15) is 14.4 Å². The molecular weight excluding hydrogens is 438 g/mol. The Balaban J connectivity index is 1.91. The van der Waals surface area contributed by atoms with Crippen molar-refractivity contribution in [2.45, 2.75) is 26.7 Å². The Morgan fingerprint density at radius 3 is 2.00 bits per heavy atom. The van der Waals surface area contributed by atoms with E-state index in [0.29, 0.717) is 34.0 Å². The summed E-state index contributed by atoms with van der Waals surface area (Å²) in [6, 6.07) is 25.5. The number of nitrogens with one attached hydrogen (secondary N) is 1. The molecule has 0 aliphatic rings. The Bertz CT molecular complexity index is 1380. The summed E-state index contributed by atoms with van der Waals surface area (Å²) in [5, 5.41) is 3.99. The minimum absolute atomic E-state index is 0.130. The Morgan fingerprint density at radius 2 is 1.34 bits per heavy atom. The summed E-state index contributed by atoms with van der Waals surface area (Å²) in [5.74, 6) is -0.955. The van der Waals surface area contributed by atoms with Gasteiger partial charge in [0, 0.05) is 28.6 Å². The number of para-hydroxylation sites is 1. The molecule has 176 valence electrons. The molecule has 0 heterocycles. The zero-order valence-corrected chi connectivity index (χ0v) is 19.8. The molecule has 0 saturated heterocycles. The lowest BCUT2D eigenvalue weighted by Crippen LogP contribution is -2.16. The second kappa shape index (κ2) is 10.8. The lowest BCUT2D eigenvalue weighted by atomic mass is 9.88. The van der Waals surface area contributed by atoms with Crippen molar-refractivity contribution < 1.29 is 19.1 Å². The molecule has 4 aromatic rings. The number of benzene rings is 4. The van der Waals surface area contributed by atoms with Crippen molar-refractivity contribution in [2.24, 2.45) is 0 Å². The van der Waals surface area contributed by atoms with Crippen molar-refractivity contribution in [2.75, 3.05) is 11.9 Å². The maximum Gasteiger partial charge on any atom is 0.338 e. The van der Waals surface area contributed by atoms with Gasteiger partial charge in [0.2, 0.25) is 0 Å². The predicted octanol–water partition coefficient (Wildman–Crippen LogP) is 6.26. The van der Waals surface area contributed by atoms with E-state index in [2.05, 4.69) is 5.32 Å². The van der Waals surface area contributed by atoms with Crippen LogP contribution >= 0.6 is 0 Å². The van der Waals surface area contributed by atoms with Gasteiger partial charge in [-0.15, -0.1) is 0 Å². The molecule has 1 amide bonds. The Hall–Kier alpha value is -4.25. The van der Waals surface area contributed by atoms with Crippen LogP contribution < -0.4 is 5.32 Å². The first-order valence-electron chi connectivity index (χ1n) is 11.7. The zero-order valence-electron chi connectivity index (χ0n) is 19.8. The van der Waals surface area contributed by atoms with Crippen molar-refractivity contribution in [1.29, 1.82) is 0 Å². The van der Waals surface area contributed by atoms with Crippen LogP contribution in [0.5, 0.6) is 0 Å². The monoisotopic (exact) mass is 465 g/mol. The summed E-state index contributed by atoms with van der Waals surface area (Å²) in [5.41, 5.74) is 3.50. The summed E-state index contributed by atoms with van der Waals surface area (Å²) in [6.07, 6.45) is 0.811. The van der Waals surface area contributed by atoms with Crippen molar-refractivity contribution in [1.82, 2.24) is 0 Å². The summed E-state index contributed by atoms with van der Waals surface area (Å²) >= 11 is 0. The van der Waals surface area contributed by atoms with Gasteiger partial charge in [0.1, 0.15) is 0 Å². The quantitative estimate of drug-likeness (QED) is 0.246. The summed E-state index contributed by atoms with van der Waals surface area (Å²) in [4.78, 5) is 39.8. The number of anilines is 1. The van der Waals surface area contributed by atoms with Gasteiger partial charge >= 0.3 is 5.97 Å². The highest BCUT2D eigenvalue weighted by atomic mass is 16.5. The maximum atomic E-state index is 13.5. The van der Waals surface area contributed by atoms with Crippen LogP contribution in [0, 0.1) is 0 Å². The van der Waals surface area contributed by atoms with Crippen LogP contribution in [0.15, 0.2) is 84.9 Å². The average molecular weight is 466 g/mol. The van der Waals surface area contributed by atoms with E-state index in [4.69, 9.17) is 4.74 Å². The number of rotatable bonds is 8. The van der Waals surface area contributed by atoms with Gasteiger partial charge < -0.3 is 10.1 Å². The normalized spacial score (nSPS) is 10.7. The van der Waals surface area contributed by atoms with E-state index in [1.165, 1.54) is 0 Å². The highest BCUT2D eigenvalue weighted by Crippen LogP contribution is 2.32. The highest BCUT2D eigenvalue weighted by Gasteiger charge is 2.24. The van der Waals surface area contributed by atoms with Crippen molar-refractivity contribution in [3.8, 4) is 0 Å². The number of fused-ring (bicyclic) bond motifs is 1. The highest BCUT2D eigenvalue weighted by molar-refractivity contribution is 6.22. The van der Waals surface area contributed by atoms with Gasteiger partial charge in [-0.1, -0.05) is 67.6 Å². The third kappa shape index (κ3) is 5.14. The molecule has 1 N–H and O–H groups in total. The van der Waals surface area contributed by atoms with Gasteiger partial charge in [0.05, 0.1) is 12.2 Å². The lowest BCUT2D eigenvalue weighted by molar-refractivity contribution is 0.0528. The number of aryl methyl sites for hydroxylation is 1. The summed E-state index contributed by atoms with van der Waals surface area (Å²) < 4.78 is 5.31. The molecule has 0 aliphatic heterocycles. The number of hydrogen-bond acceptors (Lipinski definition) is 4. The molecular formula is C30H27NO4. The molecule has 4 aromatic carbocycles. The topological polar surface area (TPSA) is 72.5 Å². The first-order valence-corrected chi connectivity index (χ1v) is 11.7. The van der Waals surface area contributed by atoms with Crippen LogP contribution in [0.25, 0.3) is 10.8 Å². The van der Waals surface area contributed by atoms with Gasteiger partial charge in [-0.05, 0) is 54.1 Å². The van der Waals surface area contributed by atoms with E-state index >= 15 is 0 Å². The third-order valence-electron chi connectivity index (χ3n) is 5.91. The Morgan fingerprint density at radius 1 is 0.714 bits per heavy atom. The van der Waals surface area contributed by atoms with Crippen LogP contribution in [0.2, 0.25) is 0 Å².